The lowest BCUT2D eigenvalue weighted by Gasteiger charge is -2.47. The summed E-state index contributed by atoms with van der Waals surface area (Å²) in [5, 5.41) is 4.70. The second-order valence-electron chi connectivity index (χ2n) is 7.73. The van der Waals surface area contributed by atoms with E-state index in [1.807, 2.05) is 11.3 Å². The molecule has 5 rings (SSSR count). The molecule has 0 amide bonds. The quantitative estimate of drug-likeness (QED) is 0.622. The first kappa shape index (κ1) is 18.2. The highest BCUT2D eigenvalue weighted by Crippen LogP contribution is 2.27. The minimum atomic E-state index is 0.576. The van der Waals surface area contributed by atoms with Crippen LogP contribution in [0.25, 0.3) is 0 Å². The van der Waals surface area contributed by atoms with Crippen LogP contribution in [0.5, 0.6) is 0 Å². The van der Waals surface area contributed by atoms with E-state index in [4.69, 9.17) is 9.98 Å². The molecule has 3 fully saturated rings. The summed E-state index contributed by atoms with van der Waals surface area (Å²) in [5.74, 6) is 1.01. The van der Waals surface area contributed by atoms with Crippen molar-refractivity contribution >= 4 is 17.3 Å². The Morgan fingerprint density at radius 2 is 2.08 bits per heavy atom. The van der Waals surface area contributed by atoms with Crippen molar-refractivity contribution in [3.63, 3.8) is 0 Å². The number of guanidine groups is 1. The standard InChI is InChI=1S/C19H32N6S/c1-3-20-19(21-12-15-13-24-8-10-25(15)11-9-24)23(2)14-18-22-16-6-4-5-7-17(16)26-18/h15H,3-14H2,1-2H3,(H,20,21). The van der Waals surface area contributed by atoms with Gasteiger partial charge in [0.1, 0.15) is 5.01 Å². The molecule has 6 nitrogen and oxygen atoms in total. The monoisotopic (exact) mass is 376 g/mol. The number of nitrogens with one attached hydrogen (secondary N) is 1. The average Bonchev–Trinajstić information content (AvgIpc) is 3.08. The third kappa shape index (κ3) is 4.05. The predicted octanol–water partition coefficient (Wildman–Crippen LogP) is 1.42. The summed E-state index contributed by atoms with van der Waals surface area (Å²) in [7, 11) is 2.14. The van der Waals surface area contributed by atoms with Crippen molar-refractivity contribution in [2.24, 2.45) is 4.99 Å². The van der Waals surface area contributed by atoms with E-state index in [2.05, 4.69) is 34.0 Å². The van der Waals surface area contributed by atoms with E-state index < -0.39 is 0 Å². The highest BCUT2D eigenvalue weighted by molar-refractivity contribution is 7.11. The van der Waals surface area contributed by atoms with Gasteiger partial charge in [-0.2, -0.15) is 0 Å². The molecule has 1 atom stereocenters. The normalized spacial score (nSPS) is 28.1. The highest BCUT2D eigenvalue weighted by atomic mass is 32.1. The van der Waals surface area contributed by atoms with Crippen LogP contribution >= 0.6 is 11.3 Å². The van der Waals surface area contributed by atoms with Crippen LogP contribution in [0.2, 0.25) is 0 Å². The molecule has 1 unspecified atom stereocenters. The zero-order valence-corrected chi connectivity index (χ0v) is 17.0. The number of thiazole rings is 1. The molecule has 1 aliphatic carbocycles. The smallest absolute Gasteiger partial charge is 0.194 e. The van der Waals surface area contributed by atoms with Gasteiger partial charge in [0.05, 0.1) is 18.8 Å². The van der Waals surface area contributed by atoms with E-state index in [-0.39, 0.29) is 0 Å². The van der Waals surface area contributed by atoms with Crippen molar-refractivity contribution in [2.75, 3.05) is 52.9 Å². The van der Waals surface area contributed by atoms with Crippen LogP contribution in [-0.4, -0.2) is 84.5 Å². The van der Waals surface area contributed by atoms with Gasteiger partial charge in [0.25, 0.3) is 0 Å². The van der Waals surface area contributed by atoms with Crippen LogP contribution in [0, 0.1) is 0 Å². The first-order chi connectivity index (χ1) is 12.7. The van der Waals surface area contributed by atoms with Gasteiger partial charge < -0.3 is 10.2 Å². The van der Waals surface area contributed by atoms with Gasteiger partial charge in [-0.3, -0.25) is 14.8 Å². The van der Waals surface area contributed by atoms with Crippen LogP contribution in [-0.2, 0) is 19.4 Å². The molecule has 3 saturated heterocycles. The maximum atomic E-state index is 4.97. The largest absolute Gasteiger partial charge is 0.357 e. The highest BCUT2D eigenvalue weighted by Gasteiger charge is 2.31. The zero-order chi connectivity index (χ0) is 17.9. The van der Waals surface area contributed by atoms with Crippen LogP contribution in [0.4, 0.5) is 0 Å². The van der Waals surface area contributed by atoms with Gasteiger partial charge in [-0.1, -0.05) is 0 Å². The van der Waals surface area contributed by atoms with E-state index >= 15 is 0 Å². The zero-order valence-electron chi connectivity index (χ0n) is 16.2. The molecule has 7 heteroatoms. The van der Waals surface area contributed by atoms with Crippen molar-refractivity contribution < 1.29 is 0 Å². The lowest BCUT2D eigenvalue weighted by Crippen LogP contribution is -2.62. The fourth-order valence-electron chi connectivity index (χ4n) is 4.31. The van der Waals surface area contributed by atoms with Crippen LogP contribution in [0.3, 0.4) is 0 Å². The summed E-state index contributed by atoms with van der Waals surface area (Å²) in [5.41, 5.74) is 1.35. The van der Waals surface area contributed by atoms with E-state index in [0.717, 1.165) is 32.0 Å². The van der Waals surface area contributed by atoms with E-state index in [1.165, 1.54) is 67.6 Å². The molecule has 4 aliphatic rings. The average molecular weight is 377 g/mol. The minimum absolute atomic E-state index is 0.576. The number of rotatable bonds is 5. The number of aliphatic imine (C=N–C) groups is 1. The Kier molecular flexibility index (Phi) is 5.76. The van der Waals surface area contributed by atoms with Crippen LogP contribution < -0.4 is 5.32 Å². The van der Waals surface area contributed by atoms with Crippen LogP contribution in [0.15, 0.2) is 4.99 Å². The minimum Gasteiger partial charge on any atom is -0.357 e. The molecule has 26 heavy (non-hydrogen) atoms. The molecule has 0 spiro atoms. The van der Waals surface area contributed by atoms with Crippen molar-refractivity contribution in [3.05, 3.63) is 15.6 Å². The molecular formula is C19H32N6S. The van der Waals surface area contributed by atoms with Crippen molar-refractivity contribution in [1.82, 2.24) is 25.0 Å². The molecule has 0 saturated carbocycles. The Morgan fingerprint density at radius 3 is 2.77 bits per heavy atom. The summed E-state index contributed by atoms with van der Waals surface area (Å²) in [4.78, 5) is 18.8. The number of nitrogens with zero attached hydrogens (tertiary/aromatic N) is 5. The third-order valence-corrected chi connectivity index (χ3v) is 6.95. The summed E-state index contributed by atoms with van der Waals surface area (Å²) in [6.07, 6.45) is 5.01. The number of hydrogen-bond acceptors (Lipinski definition) is 5. The number of aromatic nitrogens is 1. The van der Waals surface area contributed by atoms with Gasteiger partial charge in [0.2, 0.25) is 0 Å². The molecule has 0 radical (unpaired) electrons. The number of aryl methyl sites for hydroxylation is 2. The Labute approximate surface area is 161 Å². The first-order valence-electron chi connectivity index (χ1n) is 10.2. The summed E-state index contributed by atoms with van der Waals surface area (Å²) in [6.45, 7) is 10.8. The molecule has 3 aliphatic heterocycles. The predicted molar refractivity (Wildman–Crippen MR) is 108 cm³/mol. The molecule has 1 N–H and O–H groups in total. The Morgan fingerprint density at radius 1 is 1.27 bits per heavy atom. The SMILES string of the molecule is CCNC(=NCC1CN2CCN1CC2)N(C)Cc1nc2c(s1)CCCC2. The van der Waals surface area contributed by atoms with Gasteiger partial charge in [-0.05, 0) is 32.6 Å². The molecule has 144 valence electrons. The lowest BCUT2D eigenvalue weighted by atomic mass is 10.0. The Bertz CT molecular complexity index is 610. The molecular weight excluding hydrogens is 344 g/mol. The third-order valence-electron chi connectivity index (χ3n) is 5.80. The van der Waals surface area contributed by atoms with Crippen molar-refractivity contribution in [1.29, 1.82) is 0 Å². The van der Waals surface area contributed by atoms with E-state index in [9.17, 15) is 0 Å². The maximum Gasteiger partial charge on any atom is 0.194 e. The van der Waals surface area contributed by atoms with Gasteiger partial charge in [-0.25, -0.2) is 4.98 Å². The molecule has 2 bridgehead atoms. The topological polar surface area (TPSA) is 47.0 Å². The van der Waals surface area contributed by atoms with Gasteiger partial charge in [-0.15, -0.1) is 11.3 Å². The molecule has 1 aromatic heterocycles. The molecule has 4 heterocycles. The van der Waals surface area contributed by atoms with Gasteiger partial charge in [0, 0.05) is 57.2 Å². The second-order valence-corrected chi connectivity index (χ2v) is 8.89. The number of fused-ring (bicyclic) bond motifs is 4. The van der Waals surface area contributed by atoms with E-state index in [1.54, 1.807) is 0 Å². The number of hydrogen-bond donors (Lipinski definition) is 1. The Hall–Kier alpha value is -1.18. The van der Waals surface area contributed by atoms with Crippen molar-refractivity contribution in [3.8, 4) is 0 Å². The fourth-order valence-corrected chi connectivity index (χ4v) is 5.52. The second kappa shape index (κ2) is 8.23. The van der Waals surface area contributed by atoms with Gasteiger partial charge in [0.15, 0.2) is 5.96 Å². The summed E-state index contributed by atoms with van der Waals surface area (Å²) >= 11 is 1.90. The van der Waals surface area contributed by atoms with Crippen LogP contribution in [0.1, 0.15) is 35.3 Å². The maximum absolute atomic E-state index is 4.97. The summed E-state index contributed by atoms with van der Waals surface area (Å²) in [6, 6.07) is 0.576. The summed E-state index contributed by atoms with van der Waals surface area (Å²) < 4.78 is 0. The Balaban J connectivity index is 1.39. The fraction of sp³-hybridized carbons (Fsp3) is 0.789. The number of piperazine rings is 3. The van der Waals surface area contributed by atoms with Crippen molar-refractivity contribution in [2.45, 2.75) is 45.2 Å². The molecule has 1 aromatic rings. The first-order valence-corrected chi connectivity index (χ1v) is 11.0. The molecule has 0 aromatic carbocycles. The van der Waals surface area contributed by atoms with E-state index in [0.29, 0.717) is 6.04 Å². The lowest BCUT2D eigenvalue weighted by molar-refractivity contribution is 0.0173. The van der Waals surface area contributed by atoms with Gasteiger partial charge >= 0.3 is 0 Å².